The number of carboxylic acid groups (broad SMARTS) is 1. The summed E-state index contributed by atoms with van der Waals surface area (Å²) in [5.41, 5.74) is 9.85. The quantitative estimate of drug-likeness (QED) is 0.109. The van der Waals surface area contributed by atoms with E-state index in [1.165, 1.54) is 0 Å². The van der Waals surface area contributed by atoms with Crippen LogP contribution in [0.3, 0.4) is 0 Å². The van der Waals surface area contributed by atoms with Crippen molar-refractivity contribution >= 4 is 17.8 Å². The first-order valence-electron chi connectivity index (χ1n) is 12.1. The summed E-state index contributed by atoms with van der Waals surface area (Å²) >= 11 is 0. The molecule has 0 atom stereocenters. The van der Waals surface area contributed by atoms with E-state index in [9.17, 15) is 14.4 Å². The van der Waals surface area contributed by atoms with Crippen LogP contribution >= 0.6 is 0 Å². The molecule has 0 saturated heterocycles. The average Bonchev–Trinajstić information content (AvgIpc) is 2.84. The van der Waals surface area contributed by atoms with Crippen LogP contribution in [0.4, 0.5) is 0 Å². The standard InChI is InChI=1S/C24H35N3O4.C4H6/c1-4-7-17(3)22(24(31)27-16-25)19(5-2)12-9-18-10-13-20(14-11-18)23(30)26-15-6-8-21(28)29;1-3-4-2/h5,10-11,13-14H,4,6-9,12,15-16,25H2,1-3H3,(H,26,30)(H,27,31)(H,28,29);1H,4H2,2H3/b19-5-,22-17+;. The van der Waals surface area contributed by atoms with Gasteiger partial charge >= 0.3 is 5.97 Å². The number of carboxylic acids is 1. The fourth-order valence-electron chi connectivity index (χ4n) is 3.35. The van der Waals surface area contributed by atoms with Crippen molar-refractivity contribution in [2.45, 2.75) is 72.6 Å². The summed E-state index contributed by atoms with van der Waals surface area (Å²) in [4.78, 5) is 35.2. The summed E-state index contributed by atoms with van der Waals surface area (Å²) in [5, 5.41) is 14.1. The van der Waals surface area contributed by atoms with Crippen LogP contribution in [-0.2, 0) is 16.0 Å². The Morgan fingerprint density at radius 2 is 1.71 bits per heavy atom. The van der Waals surface area contributed by atoms with Crippen LogP contribution in [-0.4, -0.2) is 36.1 Å². The molecule has 192 valence electrons. The maximum atomic E-state index is 12.6. The van der Waals surface area contributed by atoms with Crippen molar-refractivity contribution in [3.05, 3.63) is 58.2 Å². The topological polar surface area (TPSA) is 122 Å². The number of carbonyl (C=O) groups excluding carboxylic acids is 2. The van der Waals surface area contributed by atoms with Gasteiger partial charge in [0.2, 0.25) is 0 Å². The Balaban J connectivity index is 0.00000267. The molecule has 7 heteroatoms. The maximum Gasteiger partial charge on any atom is 0.303 e. The van der Waals surface area contributed by atoms with Crippen LogP contribution in [0, 0.1) is 12.3 Å². The molecule has 0 radical (unpaired) electrons. The first kappa shape index (κ1) is 31.6. The van der Waals surface area contributed by atoms with Crippen LogP contribution in [0.25, 0.3) is 0 Å². The van der Waals surface area contributed by atoms with Crippen molar-refractivity contribution in [1.29, 1.82) is 0 Å². The van der Waals surface area contributed by atoms with Crippen molar-refractivity contribution in [1.82, 2.24) is 10.6 Å². The molecule has 2 amide bonds. The first-order valence-corrected chi connectivity index (χ1v) is 12.1. The Morgan fingerprint density at radius 3 is 2.20 bits per heavy atom. The number of amides is 2. The van der Waals surface area contributed by atoms with Gasteiger partial charge in [-0.25, -0.2) is 0 Å². The van der Waals surface area contributed by atoms with Gasteiger partial charge in [-0.2, -0.15) is 0 Å². The van der Waals surface area contributed by atoms with Crippen molar-refractivity contribution in [2.24, 2.45) is 5.73 Å². The molecule has 5 N–H and O–H groups in total. The fourth-order valence-corrected chi connectivity index (χ4v) is 3.35. The van der Waals surface area contributed by atoms with Gasteiger partial charge in [0.1, 0.15) is 0 Å². The third-order valence-electron chi connectivity index (χ3n) is 5.17. The predicted molar refractivity (Wildman–Crippen MR) is 142 cm³/mol. The smallest absolute Gasteiger partial charge is 0.303 e. The number of nitrogens with two attached hydrogens (primary N) is 1. The van der Waals surface area contributed by atoms with E-state index < -0.39 is 5.97 Å². The highest BCUT2D eigenvalue weighted by Crippen LogP contribution is 2.23. The summed E-state index contributed by atoms with van der Waals surface area (Å²) in [5.74, 6) is 1.20. The van der Waals surface area contributed by atoms with Crippen molar-refractivity contribution in [2.75, 3.05) is 13.2 Å². The largest absolute Gasteiger partial charge is 0.481 e. The lowest BCUT2D eigenvalue weighted by Gasteiger charge is -2.16. The molecule has 0 aromatic heterocycles. The number of allylic oxidation sites excluding steroid dienone is 2. The molecule has 1 aromatic rings. The lowest BCUT2D eigenvalue weighted by molar-refractivity contribution is -0.137. The summed E-state index contributed by atoms with van der Waals surface area (Å²) in [6, 6.07) is 7.33. The molecule has 0 spiro atoms. The number of terminal acetylenes is 1. The number of hydrogen-bond acceptors (Lipinski definition) is 4. The SMILES string of the molecule is C#CCC.C/C=C(CCc1ccc(C(=O)NCCCC(=O)O)cc1)\C(C(=O)NCN)=C(\C)CCC. The van der Waals surface area contributed by atoms with Gasteiger partial charge in [-0.05, 0) is 62.8 Å². The van der Waals surface area contributed by atoms with E-state index >= 15 is 0 Å². The number of nitrogens with one attached hydrogen (secondary N) is 2. The summed E-state index contributed by atoms with van der Waals surface area (Å²) in [7, 11) is 0. The van der Waals surface area contributed by atoms with Gasteiger partial charge in [-0.1, -0.05) is 44.1 Å². The zero-order valence-corrected chi connectivity index (χ0v) is 21.6. The van der Waals surface area contributed by atoms with Gasteiger partial charge in [-0.3, -0.25) is 14.4 Å². The number of aryl methyl sites for hydroxylation is 1. The normalized spacial score (nSPS) is 11.4. The summed E-state index contributed by atoms with van der Waals surface area (Å²) < 4.78 is 0. The molecule has 0 aliphatic carbocycles. The zero-order chi connectivity index (χ0) is 26.6. The van der Waals surface area contributed by atoms with E-state index in [0.29, 0.717) is 30.5 Å². The van der Waals surface area contributed by atoms with E-state index in [1.807, 2.05) is 39.0 Å². The van der Waals surface area contributed by atoms with Gasteiger partial charge in [0, 0.05) is 30.5 Å². The fraction of sp³-hybridized carbons (Fsp3) is 0.464. The van der Waals surface area contributed by atoms with Crippen molar-refractivity contribution in [3.8, 4) is 12.3 Å². The minimum atomic E-state index is -0.873. The molecular weight excluding hydrogens is 442 g/mol. The number of hydrogen-bond donors (Lipinski definition) is 4. The summed E-state index contributed by atoms with van der Waals surface area (Å²) in [6.07, 6.45) is 11.3. The molecule has 7 nitrogen and oxygen atoms in total. The van der Waals surface area contributed by atoms with E-state index in [4.69, 9.17) is 17.3 Å². The molecule has 35 heavy (non-hydrogen) atoms. The summed E-state index contributed by atoms with van der Waals surface area (Å²) in [6.45, 7) is 8.37. The molecule has 0 unspecified atom stereocenters. The van der Waals surface area contributed by atoms with Gasteiger partial charge in [0.15, 0.2) is 0 Å². The van der Waals surface area contributed by atoms with Crippen LogP contribution in [0.5, 0.6) is 0 Å². The first-order chi connectivity index (χ1) is 16.7. The monoisotopic (exact) mass is 483 g/mol. The number of carbonyl (C=O) groups is 3. The van der Waals surface area contributed by atoms with Gasteiger partial charge < -0.3 is 21.5 Å². The molecule has 1 rings (SSSR count). The highest BCUT2D eigenvalue weighted by atomic mass is 16.4. The third-order valence-corrected chi connectivity index (χ3v) is 5.17. The van der Waals surface area contributed by atoms with E-state index in [1.54, 1.807) is 12.1 Å². The lowest BCUT2D eigenvalue weighted by Crippen LogP contribution is -2.31. The molecular formula is C28H41N3O4. The second kappa shape index (κ2) is 19.0. The van der Waals surface area contributed by atoms with E-state index in [-0.39, 0.29) is 24.9 Å². The highest BCUT2D eigenvalue weighted by Gasteiger charge is 2.16. The van der Waals surface area contributed by atoms with E-state index in [0.717, 1.165) is 42.4 Å². The van der Waals surface area contributed by atoms with E-state index in [2.05, 4.69) is 23.5 Å². The average molecular weight is 484 g/mol. The molecule has 0 aliphatic rings. The Hall–Kier alpha value is -3.37. The van der Waals surface area contributed by atoms with Gasteiger partial charge in [0.05, 0.1) is 6.67 Å². The Labute approximate surface area is 210 Å². The minimum Gasteiger partial charge on any atom is -0.481 e. The second-order valence-corrected chi connectivity index (χ2v) is 7.94. The second-order valence-electron chi connectivity index (χ2n) is 7.94. The van der Waals surface area contributed by atoms with Crippen LogP contribution < -0.4 is 16.4 Å². The predicted octanol–water partition coefficient (Wildman–Crippen LogP) is 4.34. The van der Waals surface area contributed by atoms with Crippen LogP contribution in [0.1, 0.15) is 82.1 Å². The minimum absolute atomic E-state index is 0.0317. The Morgan fingerprint density at radius 1 is 1.09 bits per heavy atom. The van der Waals surface area contributed by atoms with Crippen LogP contribution in [0.15, 0.2) is 47.1 Å². The molecule has 0 fully saturated rings. The lowest BCUT2D eigenvalue weighted by atomic mass is 9.92. The zero-order valence-electron chi connectivity index (χ0n) is 21.6. The molecule has 0 saturated carbocycles. The van der Waals surface area contributed by atoms with Gasteiger partial charge in [-0.15, -0.1) is 12.3 Å². The highest BCUT2D eigenvalue weighted by molar-refractivity contribution is 5.98. The maximum absolute atomic E-state index is 12.6. The third kappa shape index (κ3) is 13.2. The number of rotatable bonds is 13. The molecule has 0 heterocycles. The number of aliphatic carboxylic acids is 1. The molecule has 0 bridgehead atoms. The molecule has 1 aromatic carbocycles. The number of benzene rings is 1. The Bertz CT molecular complexity index is 909. The van der Waals surface area contributed by atoms with Crippen molar-refractivity contribution < 1.29 is 19.5 Å². The Kier molecular flexibility index (Phi) is 17.2. The van der Waals surface area contributed by atoms with Crippen molar-refractivity contribution in [3.63, 3.8) is 0 Å². The van der Waals surface area contributed by atoms with Crippen LogP contribution in [0.2, 0.25) is 0 Å². The van der Waals surface area contributed by atoms with Gasteiger partial charge in [0.25, 0.3) is 11.8 Å². The molecule has 0 aliphatic heterocycles.